The first-order chi connectivity index (χ1) is 6.33. The van der Waals surface area contributed by atoms with E-state index in [4.69, 9.17) is 0 Å². The van der Waals surface area contributed by atoms with Gasteiger partial charge in [0, 0.05) is 13.0 Å². The van der Waals surface area contributed by atoms with Gasteiger partial charge in [-0.15, -0.1) is 0 Å². The molecule has 3 heteroatoms. The van der Waals surface area contributed by atoms with Gasteiger partial charge in [0.05, 0.1) is 0 Å². The van der Waals surface area contributed by atoms with Crippen LogP contribution in [0.3, 0.4) is 0 Å². The number of hydrogen-bond acceptors (Lipinski definition) is 2. The van der Waals surface area contributed by atoms with Crippen molar-refractivity contribution in [3.63, 3.8) is 0 Å². The highest BCUT2D eigenvalue weighted by Crippen LogP contribution is 2.25. The highest BCUT2D eigenvalue weighted by atomic mass is 16.1. The summed E-state index contributed by atoms with van der Waals surface area (Å²) in [7, 11) is 1.91. The van der Waals surface area contributed by atoms with Crippen molar-refractivity contribution in [2.24, 2.45) is 5.92 Å². The maximum Gasteiger partial charge on any atom is 0.220 e. The molecule has 1 aliphatic carbocycles. The molecule has 0 unspecified atom stereocenters. The van der Waals surface area contributed by atoms with Gasteiger partial charge in [-0.2, -0.15) is 0 Å². The van der Waals surface area contributed by atoms with Crippen molar-refractivity contribution in [3.05, 3.63) is 0 Å². The first-order valence-corrected chi connectivity index (χ1v) is 5.24. The standard InChI is InChI=1S/C10H20N2O/c1-11-7-3-6-10(13)12-8-9-4-2-5-9/h9,11H,2-8H2,1H3,(H,12,13). The molecule has 1 fully saturated rings. The van der Waals surface area contributed by atoms with E-state index >= 15 is 0 Å². The Morgan fingerprint density at radius 2 is 2.23 bits per heavy atom. The minimum atomic E-state index is 0.210. The second kappa shape index (κ2) is 5.97. The summed E-state index contributed by atoms with van der Waals surface area (Å²) < 4.78 is 0. The Kier molecular flexibility index (Phi) is 4.83. The molecule has 1 aliphatic rings. The lowest BCUT2D eigenvalue weighted by molar-refractivity contribution is -0.121. The summed E-state index contributed by atoms with van der Waals surface area (Å²) in [6.07, 6.45) is 5.55. The average molecular weight is 184 g/mol. The SMILES string of the molecule is CNCCCC(=O)NCC1CCC1. The third kappa shape index (κ3) is 4.27. The summed E-state index contributed by atoms with van der Waals surface area (Å²) in [4.78, 5) is 11.2. The molecule has 0 heterocycles. The van der Waals surface area contributed by atoms with Gasteiger partial charge >= 0.3 is 0 Å². The molecule has 2 N–H and O–H groups in total. The maximum atomic E-state index is 11.2. The quantitative estimate of drug-likeness (QED) is 0.602. The van der Waals surface area contributed by atoms with Crippen LogP contribution in [0.25, 0.3) is 0 Å². The molecule has 13 heavy (non-hydrogen) atoms. The molecule has 1 rings (SSSR count). The number of carbonyl (C=O) groups is 1. The number of rotatable bonds is 6. The van der Waals surface area contributed by atoms with Crippen molar-refractivity contribution in [2.45, 2.75) is 32.1 Å². The van der Waals surface area contributed by atoms with Gasteiger partial charge in [-0.05, 0) is 38.8 Å². The van der Waals surface area contributed by atoms with Crippen LogP contribution in [-0.4, -0.2) is 26.0 Å². The molecule has 0 bridgehead atoms. The molecule has 1 amide bonds. The fourth-order valence-electron chi connectivity index (χ4n) is 1.47. The van der Waals surface area contributed by atoms with E-state index < -0.39 is 0 Å². The average Bonchev–Trinajstić information content (AvgIpc) is 2.02. The molecule has 0 aromatic carbocycles. The summed E-state index contributed by atoms with van der Waals surface area (Å²) in [6.45, 7) is 1.83. The Bertz CT molecular complexity index is 155. The van der Waals surface area contributed by atoms with E-state index in [1.165, 1.54) is 19.3 Å². The van der Waals surface area contributed by atoms with E-state index in [1.807, 2.05) is 7.05 Å². The Hall–Kier alpha value is -0.570. The molecule has 3 nitrogen and oxygen atoms in total. The van der Waals surface area contributed by atoms with Crippen molar-refractivity contribution in [1.82, 2.24) is 10.6 Å². The Labute approximate surface area is 80.3 Å². The molecule has 1 saturated carbocycles. The van der Waals surface area contributed by atoms with Gasteiger partial charge in [0.2, 0.25) is 5.91 Å². The van der Waals surface area contributed by atoms with Gasteiger partial charge in [-0.1, -0.05) is 6.42 Å². The molecule has 76 valence electrons. The molecule has 0 saturated heterocycles. The maximum absolute atomic E-state index is 11.2. The second-order valence-corrected chi connectivity index (χ2v) is 3.81. The first kappa shape index (κ1) is 10.5. The van der Waals surface area contributed by atoms with Crippen LogP contribution in [0.2, 0.25) is 0 Å². The van der Waals surface area contributed by atoms with E-state index in [1.54, 1.807) is 0 Å². The molecule has 0 aromatic rings. The van der Waals surface area contributed by atoms with Crippen molar-refractivity contribution >= 4 is 5.91 Å². The summed E-state index contributed by atoms with van der Waals surface area (Å²) >= 11 is 0. The van der Waals surface area contributed by atoms with E-state index in [0.29, 0.717) is 6.42 Å². The van der Waals surface area contributed by atoms with Crippen LogP contribution in [0.4, 0.5) is 0 Å². The van der Waals surface area contributed by atoms with E-state index in [9.17, 15) is 4.79 Å². The smallest absolute Gasteiger partial charge is 0.220 e. The minimum absolute atomic E-state index is 0.210. The number of hydrogen-bond donors (Lipinski definition) is 2. The van der Waals surface area contributed by atoms with Gasteiger partial charge < -0.3 is 10.6 Å². The van der Waals surface area contributed by atoms with Crippen LogP contribution in [-0.2, 0) is 4.79 Å². The zero-order chi connectivity index (χ0) is 9.52. The third-order valence-corrected chi connectivity index (χ3v) is 2.64. The largest absolute Gasteiger partial charge is 0.356 e. The number of amides is 1. The van der Waals surface area contributed by atoms with Gasteiger partial charge in [0.25, 0.3) is 0 Å². The predicted molar refractivity (Wildman–Crippen MR) is 53.5 cm³/mol. The van der Waals surface area contributed by atoms with Gasteiger partial charge in [0.15, 0.2) is 0 Å². The zero-order valence-electron chi connectivity index (χ0n) is 8.44. The summed E-state index contributed by atoms with van der Waals surface area (Å²) in [5.41, 5.74) is 0. The first-order valence-electron chi connectivity index (χ1n) is 5.24. The molecule has 0 aromatic heterocycles. The van der Waals surface area contributed by atoms with Gasteiger partial charge in [-0.25, -0.2) is 0 Å². The molecule has 0 radical (unpaired) electrons. The summed E-state index contributed by atoms with van der Waals surface area (Å²) in [5, 5.41) is 6.01. The minimum Gasteiger partial charge on any atom is -0.356 e. The van der Waals surface area contributed by atoms with Crippen LogP contribution in [0.15, 0.2) is 0 Å². The van der Waals surface area contributed by atoms with Gasteiger partial charge in [0.1, 0.15) is 0 Å². The highest BCUT2D eigenvalue weighted by molar-refractivity contribution is 5.75. The van der Waals surface area contributed by atoms with Crippen LogP contribution in [0, 0.1) is 5.92 Å². The lowest BCUT2D eigenvalue weighted by atomic mass is 9.85. The topological polar surface area (TPSA) is 41.1 Å². The zero-order valence-corrected chi connectivity index (χ0v) is 8.44. The van der Waals surface area contributed by atoms with E-state index in [2.05, 4.69) is 10.6 Å². The molecular weight excluding hydrogens is 164 g/mol. The van der Waals surface area contributed by atoms with Crippen LogP contribution in [0.1, 0.15) is 32.1 Å². The Morgan fingerprint density at radius 1 is 1.46 bits per heavy atom. The monoisotopic (exact) mass is 184 g/mol. The molecule has 0 aliphatic heterocycles. The van der Waals surface area contributed by atoms with Crippen molar-refractivity contribution in [1.29, 1.82) is 0 Å². The van der Waals surface area contributed by atoms with E-state index in [-0.39, 0.29) is 5.91 Å². The number of carbonyl (C=O) groups excluding carboxylic acids is 1. The van der Waals surface area contributed by atoms with Crippen molar-refractivity contribution in [2.75, 3.05) is 20.1 Å². The summed E-state index contributed by atoms with van der Waals surface area (Å²) in [5.74, 6) is 0.982. The van der Waals surface area contributed by atoms with Crippen molar-refractivity contribution in [3.8, 4) is 0 Å². The fourth-order valence-corrected chi connectivity index (χ4v) is 1.47. The second-order valence-electron chi connectivity index (χ2n) is 3.81. The van der Waals surface area contributed by atoms with Crippen LogP contribution >= 0.6 is 0 Å². The molecule has 0 atom stereocenters. The lowest BCUT2D eigenvalue weighted by Gasteiger charge is -2.25. The predicted octanol–water partition coefficient (Wildman–Crippen LogP) is 0.902. The highest BCUT2D eigenvalue weighted by Gasteiger charge is 2.17. The molecule has 0 spiro atoms. The number of nitrogens with one attached hydrogen (secondary N) is 2. The Balaban J connectivity index is 1.90. The molecular formula is C10H20N2O. The fraction of sp³-hybridized carbons (Fsp3) is 0.900. The van der Waals surface area contributed by atoms with E-state index in [0.717, 1.165) is 25.4 Å². The Morgan fingerprint density at radius 3 is 2.77 bits per heavy atom. The van der Waals surface area contributed by atoms with Crippen LogP contribution in [0.5, 0.6) is 0 Å². The third-order valence-electron chi connectivity index (χ3n) is 2.64. The van der Waals surface area contributed by atoms with Crippen LogP contribution < -0.4 is 10.6 Å². The van der Waals surface area contributed by atoms with Gasteiger partial charge in [-0.3, -0.25) is 4.79 Å². The normalized spacial score (nSPS) is 16.7. The van der Waals surface area contributed by atoms with Crippen molar-refractivity contribution < 1.29 is 4.79 Å². The summed E-state index contributed by atoms with van der Waals surface area (Å²) in [6, 6.07) is 0. The lowest BCUT2D eigenvalue weighted by Crippen LogP contribution is -2.32.